The minimum Gasteiger partial charge on any atom is -0.261 e. The van der Waals surface area contributed by atoms with Crippen LogP contribution in [0.4, 0.5) is 0 Å². The highest BCUT2D eigenvalue weighted by atomic mass is 14.7. The van der Waals surface area contributed by atoms with E-state index in [0.29, 0.717) is 0 Å². The monoisotopic (exact) mass is 383 g/mol. The number of hydrogen-bond donors (Lipinski definition) is 0. The lowest BCUT2D eigenvalue weighted by Gasteiger charge is -2.37. The van der Waals surface area contributed by atoms with Gasteiger partial charge in [-0.3, -0.25) is 4.98 Å². The molecule has 0 aliphatic heterocycles. The quantitative estimate of drug-likeness (QED) is 0.369. The maximum Gasteiger partial charge on any atom is 0.0434 e. The Morgan fingerprint density at radius 3 is 2.04 bits per heavy atom. The molecule has 2 aliphatic carbocycles. The van der Waals surface area contributed by atoms with Gasteiger partial charge in [0.1, 0.15) is 0 Å². The molecule has 1 aromatic rings. The molecule has 0 spiro atoms. The third kappa shape index (κ3) is 6.60. The van der Waals surface area contributed by atoms with E-state index in [1.807, 2.05) is 0 Å². The van der Waals surface area contributed by atoms with Crippen LogP contribution in [0.25, 0.3) is 0 Å². The Hall–Kier alpha value is -0.850. The molecule has 1 aromatic heterocycles. The van der Waals surface area contributed by atoms with E-state index < -0.39 is 0 Å². The van der Waals surface area contributed by atoms with Crippen molar-refractivity contribution in [2.45, 2.75) is 122 Å². The Morgan fingerprint density at radius 2 is 1.43 bits per heavy atom. The van der Waals surface area contributed by atoms with Gasteiger partial charge >= 0.3 is 0 Å². The van der Waals surface area contributed by atoms with Gasteiger partial charge < -0.3 is 0 Å². The lowest BCUT2D eigenvalue weighted by molar-refractivity contribution is 0.156. The predicted octanol–water partition coefficient (Wildman–Crippen LogP) is 8.47. The van der Waals surface area contributed by atoms with Gasteiger partial charge in [-0.15, -0.1) is 0 Å². The largest absolute Gasteiger partial charge is 0.261 e. The first-order chi connectivity index (χ1) is 13.8. The van der Waals surface area contributed by atoms with Crippen LogP contribution in [0.1, 0.15) is 127 Å². The van der Waals surface area contributed by atoms with Gasteiger partial charge in [0.2, 0.25) is 0 Å². The van der Waals surface area contributed by atoms with Gasteiger partial charge in [-0.25, -0.2) is 0 Å². The molecule has 1 heterocycles. The molecule has 0 N–H and O–H groups in total. The summed E-state index contributed by atoms with van der Waals surface area (Å²) in [5, 5.41) is 0. The van der Waals surface area contributed by atoms with E-state index in [-0.39, 0.29) is 0 Å². The van der Waals surface area contributed by atoms with Crippen molar-refractivity contribution >= 4 is 0 Å². The van der Waals surface area contributed by atoms with Crippen LogP contribution in [0.3, 0.4) is 0 Å². The minimum absolute atomic E-state index is 0.728. The Balaban J connectivity index is 1.37. The molecule has 0 radical (unpaired) electrons. The number of rotatable bonds is 10. The summed E-state index contributed by atoms with van der Waals surface area (Å²) in [6.07, 6.45) is 24.8. The fourth-order valence-corrected chi connectivity index (χ4v) is 6.00. The maximum absolute atomic E-state index is 4.89. The minimum atomic E-state index is 0.728. The van der Waals surface area contributed by atoms with Gasteiger partial charge in [0.15, 0.2) is 0 Å². The molecule has 28 heavy (non-hydrogen) atoms. The summed E-state index contributed by atoms with van der Waals surface area (Å²) in [6, 6.07) is 4.71. The predicted molar refractivity (Wildman–Crippen MR) is 122 cm³/mol. The van der Waals surface area contributed by atoms with E-state index in [9.17, 15) is 0 Å². The van der Waals surface area contributed by atoms with Crippen LogP contribution in [0.2, 0.25) is 0 Å². The number of aryl methyl sites for hydroxylation is 1. The average molecular weight is 384 g/mol. The Bertz CT molecular complexity index is 518. The second kappa shape index (κ2) is 12.0. The highest BCUT2D eigenvalue weighted by molar-refractivity contribution is 5.17. The van der Waals surface area contributed by atoms with Crippen molar-refractivity contribution in [3.63, 3.8) is 0 Å². The normalized spacial score (nSPS) is 28.4. The Labute approximate surface area is 175 Å². The molecule has 2 aliphatic rings. The molecule has 0 aromatic carbocycles. The van der Waals surface area contributed by atoms with Crippen molar-refractivity contribution < 1.29 is 0 Å². The zero-order valence-electron chi connectivity index (χ0n) is 18.8. The molecule has 2 saturated carbocycles. The van der Waals surface area contributed by atoms with E-state index in [1.54, 1.807) is 0 Å². The summed E-state index contributed by atoms with van der Waals surface area (Å²) < 4.78 is 0. The summed E-state index contributed by atoms with van der Waals surface area (Å²) in [4.78, 5) is 4.89. The molecule has 0 unspecified atom stereocenters. The molecule has 1 heteroatoms. The van der Waals surface area contributed by atoms with Crippen molar-refractivity contribution in [1.82, 2.24) is 4.98 Å². The van der Waals surface area contributed by atoms with Crippen molar-refractivity contribution in [1.29, 1.82) is 0 Å². The van der Waals surface area contributed by atoms with Crippen LogP contribution in [0, 0.1) is 17.8 Å². The number of hydrogen-bond acceptors (Lipinski definition) is 1. The van der Waals surface area contributed by atoms with E-state index >= 15 is 0 Å². The molecule has 1 nitrogen and oxygen atoms in total. The summed E-state index contributed by atoms with van der Waals surface area (Å²) in [5.41, 5.74) is 2.82. The van der Waals surface area contributed by atoms with E-state index in [1.165, 1.54) is 114 Å². The summed E-state index contributed by atoms with van der Waals surface area (Å²) in [6.45, 7) is 4.63. The number of unbranched alkanes of at least 4 members (excludes halogenated alkanes) is 4. The van der Waals surface area contributed by atoms with Crippen molar-refractivity contribution in [2.24, 2.45) is 17.8 Å². The summed E-state index contributed by atoms with van der Waals surface area (Å²) in [7, 11) is 0. The third-order valence-electron chi connectivity index (χ3n) is 7.86. The molecule has 158 valence electrons. The zero-order chi connectivity index (χ0) is 19.6. The number of nitrogens with zero attached hydrogens (tertiary/aromatic N) is 1. The lowest BCUT2D eigenvalue weighted by atomic mass is 9.68. The average Bonchev–Trinajstić information content (AvgIpc) is 2.75. The van der Waals surface area contributed by atoms with Crippen LogP contribution < -0.4 is 0 Å². The highest BCUT2D eigenvalue weighted by Gasteiger charge is 2.31. The van der Waals surface area contributed by atoms with Crippen LogP contribution in [0.15, 0.2) is 18.3 Å². The van der Waals surface area contributed by atoms with Crippen molar-refractivity contribution in [3.8, 4) is 0 Å². The van der Waals surface area contributed by atoms with Crippen LogP contribution in [0.5, 0.6) is 0 Å². The van der Waals surface area contributed by atoms with Gasteiger partial charge in [0.05, 0.1) is 0 Å². The first kappa shape index (κ1) is 21.8. The van der Waals surface area contributed by atoms with Gasteiger partial charge in [0.25, 0.3) is 0 Å². The molecular weight excluding hydrogens is 338 g/mol. The molecule has 0 atom stereocenters. The molecule has 0 saturated heterocycles. The van der Waals surface area contributed by atoms with Gasteiger partial charge in [-0.1, -0.05) is 71.3 Å². The summed E-state index contributed by atoms with van der Waals surface area (Å²) >= 11 is 0. The maximum atomic E-state index is 4.89. The number of aromatic nitrogens is 1. The first-order valence-corrected chi connectivity index (χ1v) is 12.7. The van der Waals surface area contributed by atoms with Crippen molar-refractivity contribution in [2.75, 3.05) is 0 Å². The van der Waals surface area contributed by atoms with Crippen LogP contribution >= 0.6 is 0 Å². The fraction of sp³-hybridized carbons (Fsp3) is 0.815. The molecule has 2 fully saturated rings. The van der Waals surface area contributed by atoms with E-state index in [0.717, 1.165) is 23.7 Å². The van der Waals surface area contributed by atoms with Gasteiger partial charge in [-0.2, -0.15) is 0 Å². The lowest BCUT2D eigenvalue weighted by Crippen LogP contribution is -2.25. The Kier molecular flexibility index (Phi) is 9.35. The molecule has 3 rings (SSSR count). The molecular formula is C27H45N. The third-order valence-corrected chi connectivity index (χ3v) is 7.86. The summed E-state index contributed by atoms with van der Waals surface area (Å²) in [5.74, 6) is 3.83. The van der Waals surface area contributed by atoms with Crippen molar-refractivity contribution in [3.05, 3.63) is 29.6 Å². The first-order valence-electron chi connectivity index (χ1n) is 12.7. The standard InChI is InChI=1S/C27H45N/c1-3-5-6-7-8-10-23-13-20-27(28-21-23)26-18-16-25(17-19-26)24-14-11-22(9-4-2)12-15-24/h13,20-22,24-26H,3-12,14-19H2,1-2H3/t22-,24-,25?,26?. The zero-order valence-corrected chi connectivity index (χ0v) is 18.8. The second-order valence-electron chi connectivity index (χ2n) is 9.94. The van der Waals surface area contributed by atoms with Gasteiger partial charge in [-0.05, 0) is 80.8 Å². The molecule has 0 amide bonds. The molecule has 0 bridgehead atoms. The van der Waals surface area contributed by atoms with E-state index in [2.05, 4.69) is 32.2 Å². The van der Waals surface area contributed by atoms with Crippen LogP contribution in [-0.2, 0) is 6.42 Å². The van der Waals surface area contributed by atoms with Gasteiger partial charge in [0, 0.05) is 17.8 Å². The smallest absolute Gasteiger partial charge is 0.0434 e. The fourth-order valence-electron chi connectivity index (χ4n) is 6.00. The number of pyridine rings is 1. The topological polar surface area (TPSA) is 12.9 Å². The van der Waals surface area contributed by atoms with E-state index in [4.69, 9.17) is 4.98 Å². The second-order valence-corrected chi connectivity index (χ2v) is 9.94. The Morgan fingerprint density at radius 1 is 0.750 bits per heavy atom. The SMILES string of the molecule is CCCCCCCc1ccc(C2CCC([C@H]3CC[C@H](CCC)CC3)CC2)nc1. The van der Waals surface area contributed by atoms with Crippen LogP contribution in [-0.4, -0.2) is 4.98 Å². The highest BCUT2D eigenvalue weighted by Crippen LogP contribution is 2.44.